The van der Waals surface area contributed by atoms with Gasteiger partial charge in [0.1, 0.15) is 0 Å². The van der Waals surface area contributed by atoms with Crippen LogP contribution in [-0.2, 0) is 9.59 Å². The van der Waals surface area contributed by atoms with Gasteiger partial charge in [0.05, 0.1) is 0 Å². The van der Waals surface area contributed by atoms with E-state index >= 15 is 0 Å². The molecule has 0 spiro atoms. The summed E-state index contributed by atoms with van der Waals surface area (Å²) < 4.78 is 0. The Morgan fingerprint density at radius 3 is 2.50 bits per heavy atom. The minimum atomic E-state index is -0.787. The Kier molecular flexibility index (Phi) is 5.08. The highest BCUT2D eigenvalue weighted by atomic mass is 16.4. The number of carboxylic acids is 1. The highest BCUT2D eigenvalue weighted by Gasteiger charge is 2.04. The zero-order chi connectivity index (χ0) is 9.56. The van der Waals surface area contributed by atoms with Gasteiger partial charge in [-0.1, -0.05) is 0 Å². The van der Waals surface area contributed by atoms with Gasteiger partial charge in [-0.05, 0) is 19.8 Å². The Morgan fingerprint density at radius 1 is 1.50 bits per heavy atom. The lowest BCUT2D eigenvalue weighted by Crippen LogP contribution is -2.30. The van der Waals surface area contributed by atoms with Crippen LogP contribution in [0.25, 0.3) is 0 Å². The molecule has 0 fully saturated rings. The summed E-state index contributed by atoms with van der Waals surface area (Å²) in [7, 11) is 0. The van der Waals surface area contributed by atoms with Gasteiger partial charge in [0.25, 0.3) is 0 Å². The normalized spacial score (nSPS) is 12.2. The van der Waals surface area contributed by atoms with Crippen molar-refractivity contribution in [2.45, 2.75) is 39.2 Å². The molecule has 0 radical (unpaired) electrons. The van der Waals surface area contributed by atoms with Crippen LogP contribution in [0.3, 0.4) is 0 Å². The fourth-order valence-corrected chi connectivity index (χ4v) is 0.979. The van der Waals surface area contributed by atoms with E-state index in [1.54, 1.807) is 0 Å². The summed E-state index contributed by atoms with van der Waals surface area (Å²) in [6.45, 7) is 3.32. The van der Waals surface area contributed by atoms with Crippen molar-refractivity contribution in [3.63, 3.8) is 0 Å². The predicted octanol–water partition coefficient (Wildman–Crippen LogP) is 0.766. The summed E-state index contributed by atoms with van der Waals surface area (Å²) in [6.07, 6.45) is 1.49. The van der Waals surface area contributed by atoms with E-state index in [-0.39, 0.29) is 18.4 Å². The number of rotatable bonds is 5. The van der Waals surface area contributed by atoms with Crippen LogP contribution >= 0.6 is 0 Å². The van der Waals surface area contributed by atoms with Gasteiger partial charge in [-0.15, -0.1) is 0 Å². The molecular formula is C8H15NO3. The lowest BCUT2D eigenvalue weighted by Gasteiger charge is -2.10. The summed E-state index contributed by atoms with van der Waals surface area (Å²) in [6, 6.07) is 0.0712. The van der Waals surface area contributed by atoms with E-state index in [1.165, 1.54) is 6.92 Å². The first kappa shape index (κ1) is 10.9. The van der Waals surface area contributed by atoms with Gasteiger partial charge in [0.2, 0.25) is 5.91 Å². The average molecular weight is 173 g/mol. The largest absolute Gasteiger partial charge is 0.481 e. The second kappa shape index (κ2) is 5.57. The quantitative estimate of drug-likeness (QED) is 0.645. The zero-order valence-corrected chi connectivity index (χ0v) is 7.46. The summed E-state index contributed by atoms with van der Waals surface area (Å²) in [5, 5.41) is 11.0. The fourth-order valence-electron chi connectivity index (χ4n) is 0.979. The number of carboxylic acid groups (broad SMARTS) is 1. The Morgan fingerprint density at radius 2 is 2.08 bits per heavy atom. The molecule has 1 amide bonds. The minimum absolute atomic E-state index is 0.0712. The van der Waals surface area contributed by atoms with Crippen molar-refractivity contribution in [1.82, 2.24) is 5.32 Å². The van der Waals surface area contributed by atoms with Gasteiger partial charge in [0, 0.05) is 19.4 Å². The molecule has 0 aliphatic rings. The second-order valence-electron chi connectivity index (χ2n) is 2.89. The molecule has 0 aromatic carbocycles. The maximum absolute atomic E-state index is 10.5. The summed E-state index contributed by atoms with van der Waals surface area (Å²) >= 11 is 0. The van der Waals surface area contributed by atoms with Crippen molar-refractivity contribution >= 4 is 11.9 Å². The lowest BCUT2D eigenvalue weighted by molar-refractivity contribution is -0.137. The van der Waals surface area contributed by atoms with Gasteiger partial charge >= 0.3 is 5.97 Å². The smallest absolute Gasteiger partial charge is 0.303 e. The molecular weight excluding hydrogens is 158 g/mol. The molecule has 0 aliphatic heterocycles. The first-order chi connectivity index (χ1) is 5.52. The number of hydrogen-bond acceptors (Lipinski definition) is 2. The number of aliphatic carboxylic acids is 1. The van der Waals surface area contributed by atoms with Gasteiger partial charge in [-0.3, -0.25) is 9.59 Å². The van der Waals surface area contributed by atoms with Gasteiger partial charge in [0.15, 0.2) is 0 Å². The van der Waals surface area contributed by atoms with Crippen molar-refractivity contribution in [2.24, 2.45) is 0 Å². The molecule has 4 heteroatoms. The van der Waals surface area contributed by atoms with E-state index in [2.05, 4.69) is 5.32 Å². The average Bonchev–Trinajstić information content (AvgIpc) is 1.84. The Bertz CT molecular complexity index is 168. The standard InChI is InChI=1S/C8H15NO3/c1-6(9-7(2)10)4-3-5-8(11)12/h6H,3-5H2,1-2H3,(H,9,10)(H,11,12)/t6-/m1/s1. The van der Waals surface area contributed by atoms with Crippen LogP contribution < -0.4 is 5.32 Å². The predicted molar refractivity (Wildman–Crippen MR) is 44.8 cm³/mol. The van der Waals surface area contributed by atoms with Crippen LogP contribution in [0.4, 0.5) is 0 Å². The molecule has 0 saturated carbocycles. The van der Waals surface area contributed by atoms with Crippen LogP contribution in [-0.4, -0.2) is 23.0 Å². The topological polar surface area (TPSA) is 66.4 Å². The van der Waals surface area contributed by atoms with Gasteiger partial charge in [-0.2, -0.15) is 0 Å². The van der Waals surface area contributed by atoms with Crippen LogP contribution in [0.2, 0.25) is 0 Å². The Hall–Kier alpha value is -1.06. The molecule has 0 saturated heterocycles. The molecule has 0 rings (SSSR count). The number of nitrogens with one attached hydrogen (secondary N) is 1. The summed E-state index contributed by atoms with van der Waals surface area (Å²) in [5.41, 5.74) is 0. The molecule has 0 heterocycles. The highest BCUT2D eigenvalue weighted by molar-refractivity contribution is 5.73. The minimum Gasteiger partial charge on any atom is -0.481 e. The van der Waals surface area contributed by atoms with E-state index in [0.717, 1.165) is 0 Å². The first-order valence-corrected chi connectivity index (χ1v) is 4.01. The van der Waals surface area contributed by atoms with Crippen LogP contribution in [0.5, 0.6) is 0 Å². The first-order valence-electron chi connectivity index (χ1n) is 4.01. The fraction of sp³-hybridized carbons (Fsp3) is 0.750. The maximum atomic E-state index is 10.5. The third kappa shape index (κ3) is 7.05. The Labute approximate surface area is 72.0 Å². The molecule has 0 unspecified atom stereocenters. The second-order valence-corrected chi connectivity index (χ2v) is 2.89. The van der Waals surface area contributed by atoms with Crippen molar-refractivity contribution < 1.29 is 14.7 Å². The van der Waals surface area contributed by atoms with E-state index in [4.69, 9.17) is 5.11 Å². The SMILES string of the molecule is CC(=O)N[C@H](C)CCCC(=O)O. The maximum Gasteiger partial charge on any atom is 0.303 e. The Balaban J connectivity index is 3.37. The number of carbonyl (C=O) groups is 2. The van der Waals surface area contributed by atoms with E-state index in [0.29, 0.717) is 12.8 Å². The van der Waals surface area contributed by atoms with E-state index in [1.807, 2.05) is 6.92 Å². The van der Waals surface area contributed by atoms with Crippen molar-refractivity contribution in [3.05, 3.63) is 0 Å². The van der Waals surface area contributed by atoms with E-state index < -0.39 is 5.97 Å². The monoisotopic (exact) mass is 173 g/mol. The van der Waals surface area contributed by atoms with Crippen LogP contribution in [0.15, 0.2) is 0 Å². The molecule has 12 heavy (non-hydrogen) atoms. The molecule has 70 valence electrons. The third-order valence-electron chi connectivity index (χ3n) is 1.48. The third-order valence-corrected chi connectivity index (χ3v) is 1.48. The number of hydrogen-bond donors (Lipinski definition) is 2. The van der Waals surface area contributed by atoms with E-state index in [9.17, 15) is 9.59 Å². The van der Waals surface area contributed by atoms with Crippen LogP contribution in [0.1, 0.15) is 33.1 Å². The highest BCUT2D eigenvalue weighted by Crippen LogP contribution is 1.99. The molecule has 0 aromatic rings. The van der Waals surface area contributed by atoms with Crippen molar-refractivity contribution in [2.75, 3.05) is 0 Å². The molecule has 0 aliphatic carbocycles. The van der Waals surface area contributed by atoms with Gasteiger partial charge < -0.3 is 10.4 Å². The van der Waals surface area contributed by atoms with Crippen molar-refractivity contribution in [1.29, 1.82) is 0 Å². The lowest BCUT2D eigenvalue weighted by atomic mass is 10.1. The summed E-state index contributed by atoms with van der Waals surface area (Å²) in [4.78, 5) is 20.6. The molecule has 2 N–H and O–H groups in total. The molecule has 4 nitrogen and oxygen atoms in total. The number of carbonyl (C=O) groups excluding carboxylic acids is 1. The zero-order valence-electron chi connectivity index (χ0n) is 7.46. The van der Waals surface area contributed by atoms with Crippen molar-refractivity contribution in [3.8, 4) is 0 Å². The summed E-state index contributed by atoms with van der Waals surface area (Å²) in [5.74, 6) is -0.858. The molecule has 0 aromatic heterocycles. The van der Waals surface area contributed by atoms with Crippen LogP contribution in [0, 0.1) is 0 Å². The number of amides is 1. The molecule has 1 atom stereocenters. The molecule has 0 bridgehead atoms. The van der Waals surface area contributed by atoms with Gasteiger partial charge in [-0.25, -0.2) is 0 Å².